The monoisotopic (exact) mass is 857 g/mol. The lowest BCUT2D eigenvalue weighted by Gasteiger charge is -2.48. The molecule has 0 radical (unpaired) electrons. The van der Waals surface area contributed by atoms with E-state index in [4.69, 9.17) is 33.2 Å². The molecular weight excluding hydrogens is 783 g/mol. The predicted octanol–water partition coefficient (Wildman–Crippen LogP) is 3.56. The molecule has 0 saturated carbocycles. The lowest BCUT2D eigenvalue weighted by Crippen LogP contribution is -2.60. The standard InChI is InChI=1S/C44H73FN2O13/c1-14-32-44(10,53)38(59-40(51)29-15-17-30(45)18-16-29)27(6)46-22-23(2)20-42(8,52)37(60-41-34(48)31(47(11)12)19-24(3)55-41)25(4)35(26(5)39(50)57-32)58-33-21-43(9,54-13)36(49)28(7)56-33/h15-18,23-28,31-38,41,46,48-49,52-53H,14,19-22H2,1-13H3/t23-,24-,25+,26-,27+,28+,31+,32+,33+,34-,35+,36+,37-,38-,41+,42+,43-,44-/m1/s1. The summed E-state index contributed by atoms with van der Waals surface area (Å²) in [7, 11) is 5.22. The number of aliphatic hydroxyl groups is 4. The Morgan fingerprint density at radius 3 is 2.18 bits per heavy atom. The molecule has 4 rings (SSSR count). The Morgan fingerprint density at radius 1 is 0.967 bits per heavy atom. The van der Waals surface area contributed by atoms with Crippen LogP contribution in [-0.4, -0.2) is 155 Å². The van der Waals surface area contributed by atoms with Gasteiger partial charge in [0.25, 0.3) is 0 Å². The average molecular weight is 857 g/mol. The minimum Gasteiger partial charge on any atom is -0.459 e. The molecule has 1 aromatic rings. The molecule has 18 atom stereocenters. The van der Waals surface area contributed by atoms with E-state index in [0.29, 0.717) is 6.42 Å². The molecule has 0 amide bonds. The van der Waals surface area contributed by atoms with Gasteiger partial charge in [-0.1, -0.05) is 20.8 Å². The summed E-state index contributed by atoms with van der Waals surface area (Å²) in [4.78, 5) is 29.9. The number of ether oxygens (including phenoxy) is 7. The summed E-state index contributed by atoms with van der Waals surface area (Å²) in [6.07, 6.45) is -9.06. The molecule has 15 nitrogen and oxygen atoms in total. The number of carbonyl (C=O) groups excluding carboxylic acids is 2. The molecule has 0 unspecified atom stereocenters. The zero-order valence-electron chi connectivity index (χ0n) is 37.8. The fraction of sp³-hybridized carbons (Fsp3) is 0.818. The van der Waals surface area contributed by atoms with Gasteiger partial charge in [0, 0.05) is 31.5 Å². The lowest BCUT2D eigenvalue weighted by atomic mass is 9.77. The molecule has 3 heterocycles. The fourth-order valence-corrected chi connectivity index (χ4v) is 9.34. The SMILES string of the molecule is CC[C@@H]1OC(=O)[C@H](C)[C@@H](O[C@H]2C[C@@](C)(OC)[C@@H](O)[C@H](C)O2)[C@H](C)[C@@H](O[C@@H]2O[C@H](C)C[C@H](N(C)C)[C@H]2O)[C@@](C)(O)C[C@@H](C)CN[C@@H](C)[C@@H](OC(=O)c2ccc(F)cc2)[C@]1(C)O. The zero-order valence-corrected chi connectivity index (χ0v) is 37.8. The van der Waals surface area contributed by atoms with Crippen molar-refractivity contribution in [3.8, 4) is 0 Å². The van der Waals surface area contributed by atoms with E-state index >= 15 is 0 Å². The van der Waals surface area contributed by atoms with Crippen LogP contribution in [0.15, 0.2) is 24.3 Å². The highest BCUT2D eigenvalue weighted by Crippen LogP contribution is 2.40. The van der Waals surface area contributed by atoms with E-state index in [2.05, 4.69) is 5.32 Å². The quantitative estimate of drug-likeness (QED) is 0.226. The van der Waals surface area contributed by atoms with Gasteiger partial charge in [-0.25, -0.2) is 9.18 Å². The summed E-state index contributed by atoms with van der Waals surface area (Å²) in [5.41, 5.74) is -4.61. The summed E-state index contributed by atoms with van der Waals surface area (Å²) in [5, 5.41) is 50.9. The number of benzene rings is 1. The lowest BCUT2D eigenvalue weighted by molar-refractivity contribution is -0.318. The maximum atomic E-state index is 14.5. The van der Waals surface area contributed by atoms with Gasteiger partial charge in [0.15, 0.2) is 12.6 Å². The largest absolute Gasteiger partial charge is 0.459 e. The van der Waals surface area contributed by atoms with Crippen LogP contribution in [0, 0.1) is 23.6 Å². The molecule has 3 aliphatic rings. The van der Waals surface area contributed by atoms with E-state index in [1.165, 1.54) is 26.2 Å². The maximum Gasteiger partial charge on any atom is 0.338 e. The van der Waals surface area contributed by atoms with Gasteiger partial charge in [0.05, 0.1) is 47.1 Å². The van der Waals surface area contributed by atoms with E-state index in [1.807, 2.05) is 32.8 Å². The normalized spacial score (nSPS) is 44.0. The first kappa shape index (κ1) is 50.3. The van der Waals surface area contributed by atoms with Gasteiger partial charge in [-0.3, -0.25) is 4.79 Å². The Morgan fingerprint density at radius 2 is 1.60 bits per heavy atom. The van der Waals surface area contributed by atoms with Crippen LogP contribution in [0.5, 0.6) is 0 Å². The van der Waals surface area contributed by atoms with Crippen LogP contribution in [-0.2, 0) is 38.0 Å². The molecular formula is C44H73FN2O13. The molecule has 344 valence electrons. The van der Waals surface area contributed by atoms with Crippen LogP contribution in [0.1, 0.15) is 105 Å². The van der Waals surface area contributed by atoms with Crippen molar-refractivity contribution in [3.05, 3.63) is 35.6 Å². The van der Waals surface area contributed by atoms with Crippen molar-refractivity contribution in [1.82, 2.24) is 10.2 Å². The van der Waals surface area contributed by atoms with Crippen molar-refractivity contribution in [2.24, 2.45) is 17.8 Å². The van der Waals surface area contributed by atoms with Crippen molar-refractivity contribution in [1.29, 1.82) is 0 Å². The van der Waals surface area contributed by atoms with E-state index in [9.17, 15) is 34.4 Å². The number of halogens is 1. The molecule has 60 heavy (non-hydrogen) atoms. The number of nitrogens with zero attached hydrogens (tertiary/aromatic N) is 1. The Kier molecular flexibility index (Phi) is 17.1. The molecule has 0 aromatic heterocycles. The highest BCUT2D eigenvalue weighted by atomic mass is 19.1. The Labute approximate surface area is 355 Å². The van der Waals surface area contributed by atoms with Crippen molar-refractivity contribution < 1.29 is 67.6 Å². The van der Waals surface area contributed by atoms with Crippen LogP contribution in [0.25, 0.3) is 0 Å². The summed E-state index contributed by atoms with van der Waals surface area (Å²) in [6.45, 7) is 17.5. The van der Waals surface area contributed by atoms with Gasteiger partial charge in [-0.2, -0.15) is 0 Å². The zero-order chi connectivity index (χ0) is 45.1. The number of hydrogen-bond donors (Lipinski definition) is 5. The average Bonchev–Trinajstić information content (AvgIpc) is 3.17. The van der Waals surface area contributed by atoms with Crippen LogP contribution in [0.4, 0.5) is 4.39 Å². The number of esters is 2. The van der Waals surface area contributed by atoms with E-state index in [-0.39, 0.29) is 49.4 Å². The van der Waals surface area contributed by atoms with Crippen molar-refractivity contribution in [3.63, 3.8) is 0 Å². The fourth-order valence-electron chi connectivity index (χ4n) is 9.34. The van der Waals surface area contributed by atoms with E-state index < -0.39 is 108 Å². The van der Waals surface area contributed by atoms with Gasteiger partial charge in [-0.05, 0) is 119 Å². The molecule has 1 aromatic carbocycles. The third kappa shape index (κ3) is 11.6. The highest BCUT2D eigenvalue weighted by Gasteiger charge is 2.53. The molecule has 5 N–H and O–H groups in total. The number of methoxy groups -OCH3 is 1. The number of likely N-dealkylation sites (N-methyl/N-ethyl adjacent to an activating group) is 1. The molecule has 0 spiro atoms. The molecule has 0 aliphatic carbocycles. The van der Waals surface area contributed by atoms with Gasteiger partial charge in [-0.15, -0.1) is 0 Å². The smallest absolute Gasteiger partial charge is 0.338 e. The number of aliphatic hydroxyl groups excluding tert-OH is 2. The molecule has 3 fully saturated rings. The van der Waals surface area contributed by atoms with Gasteiger partial charge < -0.3 is 63.8 Å². The van der Waals surface area contributed by atoms with Crippen LogP contribution in [0.3, 0.4) is 0 Å². The van der Waals surface area contributed by atoms with E-state index in [1.54, 1.807) is 48.5 Å². The second kappa shape index (κ2) is 20.4. The minimum absolute atomic E-state index is 0.0630. The summed E-state index contributed by atoms with van der Waals surface area (Å²) in [6, 6.07) is 3.80. The Hall–Kier alpha value is -2.35. The molecule has 16 heteroatoms. The van der Waals surface area contributed by atoms with Crippen LogP contribution >= 0.6 is 0 Å². The first-order valence-corrected chi connectivity index (χ1v) is 21.4. The van der Waals surface area contributed by atoms with Crippen molar-refractivity contribution in [2.75, 3.05) is 27.7 Å². The van der Waals surface area contributed by atoms with Crippen molar-refractivity contribution >= 4 is 11.9 Å². The first-order valence-electron chi connectivity index (χ1n) is 21.4. The molecule has 3 saturated heterocycles. The van der Waals surface area contributed by atoms with Crippen molar-refractivity contribution in [2.45, 2.75) is 185 Å². The van der Waals surface area contributed by atoms with Gasteiger partial charge in [0.1, 0.15) is 35.8 Å². The third-order valence-corrected chi connectivity index (χ3v) is 13.0. The van der Waals surface area contributed by atoms with Crippen LogP contribution < -0.4 is 5.32 Å². The number of cyclic esters (lactones) is 1. The molecule has 3 aliphatic heterocycles. The summed E-state index contributed by atoms with van der Waals surface area (Å²) < 4.78 is 57.5. The maximum absolute atomic E-state index is 14.5. The second-order valence-corrected chi connectivity index (χ2v) is 18.6. The van der Waals surface area contributed by atoms with Gasteiger partial charge >= 0.3 is 11.9 Å². The van der Waals surface area contributed by atoms with E-state index in [0.717, 1.165) is 12.1 Å². The molecule has 0 bridgehead atoms. The highest BCUT2D eigenvalue weighted by molar-refractivity contribution is 5.89. The van der Waals surface area contributed by atoms with Crippen LogP contribution in [0.2, 0.25) is 0 Å². The Balaban J connectivity index is 1.82. The minimum atomic E-state index is -1.96. The Bertz CT molecular complexity index is 1550. The summed E-state index contributed by atoms with van der Waals surface area (Å²) >= 11 is 0. The number of hydrogen-bond acceptors (Lipinski definition) is 15. The number of carbonyl (C=O) groups is 2. The number of nitrogens with one attached hydrogen (secondary N) is 1. The van der Waals surface area contributed by atoms with Gasteiger partial charge in [0.2, 0.25) is 0 Å². The third-order valence-electron chi connectivity index (χ3n) is 13.0. The summed E-state index contributed by atoms with van der Waals surface area (Å²) in [5.74, 6) is -4.30. The topological polar surface area (TPSA) is 195 Å². The number of rotatable bonds is 9. The predicted molar refractivity (Wildman–Crippen MR) is 219 cm³/mol. The first-order chi connectivity index (χ1) is 27.9. The second-order valence-electron chi connectivity index (χ2n) is 18.6.